The molecule has 3 aromatic carbocycles. The fraction of sp³-hybridized carbons (Fsp3) is 0.379. The molecule has 33 heavy (non-hydrogen) atoms. The molecule has 4 nitrogen and oxygen atoms in total. The van der Waals surface area contributed by atoms with Gasteiger partial charge in [0, 0.05) is 25.3 Å². The van der Waals surface area contributed by atoms with E-state index in [9.17, 15) is 5.11 Å². The molecule has 0 spiro atoms. The zero-order chi connectivity index (χ0) is 23.1. The fourth-order valence-electron chi connectivity index (χ4n) is 3.84. The monoisotopic (exact) mass is 445 g/mol. The number of rotatable bonds is 13. The molecule has 174 valence electrons. The van der Waals surface area contributed by atoms with Crippen molar-refractivity contribution in [3.05, 3.63) is 77.9 Å². The summed E-state index contributed by atoms with van der Waals surface area (Å²) in [7, 11) is 1.68. The molecule has 0 aliphatic rings. The van der Waals surface area contributed by atoms with Crippen molar-refractivity contribution in [2.75, 3.05) is 40.0 Å². The number of benzene rings is 3. The largest absolute Gasteiger partial charge is 0.497 e. The second-order valence-corrected chi connectivity index (χ2v) is 8.18. The first kappa shape index (κ1) is 24.8. The van der Waals surface area contributed by atoms with E-state index in [4.69, 9.17) is 9.47 Å². The third kappa shape index (κ3) is 8.90. The molecule has 0 unspecified atom stereocenters. The molecule has 0 atom stereocenters. The Hall–Kier alpha value is -2.84. The average Bonchev–Trinajstić information content (AvgIpc) is 2.85. The maximum absolute atomic E-state index is 9.32. The Labute approximate surface area is 198 Å². The molecule has 3 rings (SSSR count). The van der Waals surface area contributed by atoms with Gasteiger partial charge >= 0.3 is 0 Å². The molecule has 0 aliphatic carbocycles. The van der Waals surface area contributed by atoms with Gasteiger partial charge < -0.3 is 14.6 Å². The smallest absolute Gasteiger partial charge is 0.119 e. The van der Waals surface area contributed by atoms with Gasteiger partial charge in [-0.05, 0) is 60.0 Å². The lowest BCUT2D eigenvalue weighted by molar-refractivity contribution is 0.160. The minimum atomic E-state index is 0.204. The summed E-state index contributed by atoms with van der Waals surface area (Å²) in [5.74, 6) is 7.17. The van der Waals surface area contributed by atoms with Gasteiger partial charge in [0.1, 0.15) is 12.4 Å². The first-order chi connectivity index (χ1) is 16.3. The van der Waals surface area contributed by atoms with Crippen LogP contribution in [-0.2, 0) is 11.3 Å². The Morgan fingerprint density at radius 2 is 1.64 bits per heavy atom. The zero-order valence-corrected chi connectivity index (χ0v) is 19.6. The SMILES string of the molecule is COc1ccc2cc(C#CCOCCCCCCN(CCO)Cc3ccccc3)ccc2c1. The van der Waals surface area contributed by atoms with Crippen molar-refractivity contribution in [1.82, 2.24) is 4.90 Å². The predicted octanol–water partition coefficient (Wildman–Crippen LogP) is 5.27. The summed E-state index contributed by atoms with van der Waals surface area (Å²) in [6, 6.07) is 22.7. The summed E-state index contributed by atoms with van der Waals surface area (Å²) in [6.45, 7) is 4.05. The van der Waals surface area contributed by atoms with Crippen LogP contribution in [0.1, 0.15) is 36.8 Å². The van der Waals surface area contributed by atoms with E-state index >= 15 is 0 Å². The van der Waals surface area contributed by atoms with E-state index in [1.807, 2.05) is 24.3 Å². The lowest BCUT2D eigenvalue weighted by Gasteiger charge is -2.21. The highest BCUT2D eigenvalue weighted by molar-refractivity contribution is 5.85. The van der Waals surface area contributed by atoms with E-state index in [-0.39, 0.29) is 6.61 Å². The molecule has 0 saturated heterocycles. The van der Waals surface area contributed by atoms with Crippen LogP contribution in [0.25, 0.3) is 10.8 Å². The van der Waals surface area contributed by atoms with E-state index in [1.54, 1.807) is 7.11 Å². The Morgan fingerprint density at radius 3 is 2.45 bits per heavy atom. The second-order valence-electron chi connectivity index (χ2n) is 8.18. The Kier molecular flexibility index (Phi) is 10.8. The van der Waals surface area contributed by atoms with Gasteiger partial charge in [-0.3, -0.25) is 4.90 Å². The van der Waals surface area contributed by atoms with Gasteiger partial charge in [0.05, 0.1) is 13.7 Å². The van der Waals surface area contributed by atoms with Crippen molar-refractivity contribution in [3.63, 3.8) is 0 Å². The molecule has 0 heterocycles. The molecule has 0 fully saturated rings. The number of aliphatic hydroxyl groups is 1. The van der Waals surface area contributed by atoms with Crippen LogP contribution in [0.5, 0.6) is 5.75 Å². The highest BCUT2D eigenvalue weighted by atomic mass is 16.5. The molecular formula is C29H35NO3. The first-order valence-electron chi connectivity index (χ1n) is 11.8. The zero-order valence-electron chi connectivity index (χ0n) is 19.6. The second kappa shape index (κ2) is 14.3. The van der Waals surface area contributed by atoms with Crippen LogP contribution < -0.4 is 4.74 Å². The summed E-state index contributed by atoms with van der Waals surface area (Å²) in [5.41, 5.74) is 2.29. The number of nitrogens with zero attached hydrogens (tertiary/aromatic N) is 1. The molecule has 0 aliphatic heterocycles. The number of aliphatic hydroxyl groups excluding tert-OH is 1. The number of fused-ring (bicyclic) bond motifs is 1. The van der Waals surface area contributed by atoms with E-state index in [1.165, 1.54) is 12.0 Å². The van der Waals surface area contributed by atoms with Crippen LogP contribution in [0, 0.1) is 11.8 Å². The van der Waals surface area contributed by atoms with Crippen molar-refractivity contribution < 1.29 is 14.6 Å². The van der Waals surface area contributed by atoms with Crippen LogP contribution in [0.2, 0.25) is 0 Å². The molecule has 0 bridgehead atoms. The van der Waals surface area contributed by atoms with Crippen molar-refractivity contribution in [3.8, 4) is 17.6 Å². The normalized spacial score (nSPS) is 10.9. The Bertz CT molecular complexity index is 1020. The number of unbranched alkanes of at least 4 members (excludes halogenated alkanes) is 3. The Balaban J connectivity index is 1.27. The minimum absolute atomic E-state index is 0.204. The highest BCUT2D eigenvalue weighted by Gasteiger charge is 2.05. The number of hydrogen-bond acceptors (Lipinski definition) is 4. The minimum Gasteiger partial charge on any atom is -0.497 e. The molecule has 0 saturated carbocycles. The van der Waals surface area contributed by atoms with Gasteiger partial charge in [0.15, 0.2) is 0 Å². The summed E-state index contributed by atoms with van der Waals surface area (Å²) >= 11 is 0. The van der Waals surface area contributed by atoms with Crippen LogP contribution >= 0.6 is 0 Å². The van der Waals surface area contributed by atoms with E-state index in [0.717, 1.165) is 67.6 Å². The van der Waals surface area contributed by atoms with Gasteiger partial charge in [-0.25, -0.2) is 0 Å². The molecule has 0 radical (unpaired) electrons. The molecule has 0 aromatic heterocycles. The van der Waals surface area contributed by atoms with Gasteiger partial charge in [0.25, 0.3) is 0 Å². The molecule has 0 amide bonds. The van der Waals surface area contributed by atoms with Crippen LogP contribution in [0.3, 0.4) is 0 Å². The summed E-state index contributed by atoms with van der Waals surface area (Å²) in [4.78, 5) is 2.32. The lowest BCUT2D eigenvalue weighted by Crippen LogP contribution is -2.27. The third-order valence-corrected chi connectivity index (χ3v) is 5.63. The molecule has 1 N–H and O–H groups in total. The third-order valence-electron chi connectivity index (χ3n) is 5.63. The lowest BCUT2D eigenvalue weighted by atomic mass is 10.1. The molecule has 3 aromatic rings. The quantitative estimate of drug-likeness (QED) is 0.287. The van der Waals surface area contributed by atoms with Crippen molar-refractivity contribution in [1.29, 1.82) is 0 Å². The highest BCUT2D eigenvalue weighted by Crippen LogP contribution is 2.21. The van der Waals surface area contributed by atoms with Crippen molar-refractivity contribution >= 4 is 10.8 Å². The maximum atomic E-state index is 9.32. The number of methoxy groups -OCH3 is 1. The van der Waals surface area contributed by atoms with Crippen molar-refractivity contribution in [2.24, 2.45) is 0 Å². The van der Waals surface area contributed by atoms with E-state index in [2.05, 4.69) is 59.2 Å². The Morgan fingerprint density at radius 1 is 0.848 bits per heavy atom. The van der Waals surface area contributed by atoms with Crippen LogP contribution in [-0.4, -0.2) is 50.0 Å². The fourth-order valence-corrected chi connectivity index (χ4v) is 3.84. The first-order valence-corrected chi connectivity index (χ1v) is 11.8. The standard InChI is InChI=1S/C29H35NO3/c1-32-29-16-15-27-22-25(13-14-28(27)23-29)12-9-21-33-20-8-3-2-7-17-30(18-19-31)24-26-10-5-4-6-11-26/h4-6,10-11,13-16,22-23,31H,2-3,7-8,17-21,24H2,1H3. The van der Waals surface area contributed by atoms with Gasteiger partial charge in [-0.1, -0.05) is 67.1 Å². The summed E-state index contributed by atoms with van der Waals surface area (Å²) < 4.78 is 11.0. The van der Waals surface area contributed by atoms with Gasteiger partial charge in [-0.2, -0.15) is 0 Å². The van der Waals surface area contributed by atoms with Crippen LogP contribution in [0.15, 0.2) is 66.7 Å². The van der Waals surface area contributed by atoms with Gasteiger partial charge in [-0.15, -0.1) is 0 Å². The predicted molar refractivity (Wildman–Crippen MR) is 135 cm³/mol. The van der Waals surface area contributed by atoms with E-state index in [0.29, 0.717) is 6.61 Å². The average molecular weight is 446 g/mol. The number of hydrogen-bond donors (Lipinski definition) is 1. The molecule has 4 heteroatoms. The maximum Gasteiger partial charge on any atom is 0.119 e. The van der Waals surface area contributed by atoms with Crippen molar-refractivity contribution in [2.45, 2.75) is 32.2 Å². The number of ether oxygens (including phenoxy) is 2. The van der Waals surface area contributed by atoms with E-state index < -0.39 is 0 Å². The van der Waals surface area contributed by atoms with Crippen LogP contribution in [0.4, 0.5) is 0 Å². The summed E-state index contributed by atoms with van der Waals surface area (Å²) in [6.07, 6.45) is 4.52. The summed E-state index contributed by atoms with van der Waals surface area (Å²) in [5, 5.41) is 11.6. The van der Waals surface area contributed by atoms with Gasteiger partial charge in [0.2, 0.25) is 0 Å². The molecular weight excluding hydrogens is 410 g/mol. The topological polar surface area (TPSA) is 41.9 Å².